The molecule has 132 valence electrons. The van der Waals surface area contributed by atoms with E-state index >= 15 is 0 Å². The van der Waals surface area contributed by atoms with Gasteiger partial charge in [0.2, 0.25) is 0 Å². The predicted molar refractivity (Wildman–Crippen MR) is 92.5 cm³/mol. The number of ether oxygens (including phenoxy) is 1. The first kappa shape index (κ1) is 17.5. The van der Waals surface area contributed by atoms with Crippen molar-refractivity contribution in [1.29, 1.82) is 0 Å². The van der Waals surface area contributed by atoms with E-state index in [-0.39, 0.29) is 6.04 Å². The third kappa shape index (κ3) is 3.39. The fourth-order valence-electron chi connectivity index (χ4n) is 2.74. The van der Waals surface area contributed by atoms with Gasteiger partial charge in [-0.25, -0.2) is 9.69 Å². The number of hydrogen-bond acceptors (Lipinski definition) is 5. The molecule has 1 atom stereocenters. The molecule has 0 radical (unpaired) electrons. The van der Waals surface area contributed by atoms with Crippen LogP contribution in [0.5, 0.6) is 0 Å². The lowest BCUT2D eigenvalue weighted by molar-refractivity contribution is 0.0158. The summed E-state index contributed by atoms with van der Waals surface area (Å²) < 4.78 is 10.7. The van der Waals surface area contributed by atoms with Crippen LogP contribution in [-0.4, -0.2) is 33.7 Å². The fraction of sp³-hybridized carbons (Fsp3) is 0.389. The molecule has 0 spiro atoms. The average Bonchev–Trinajstić information content (AvgIpc) is 2.90. The summed E-state index contributed by atoms with van der Waals surface area (Å²) >= 11 is 5.91. The smallest absolute Gasteiger partial charge is 0.417 e. The van der Waals surface area contributed by atoms with E-state index < -0.39 is 17.6 Å². The Morgan fingerprint density at radius 1 is 1.32 bits per heavy atom. The topological polar surface area (TPSA) is 72.6 Å². The molecule has 1 aliphatic rings. The van der Waals surface area contributed by atoms with Crippen molar-refractivity contribution in [2.45, 2.75) is 45.8 Å². The summed E-state index contributed by atoms with van der Waals surface area (Å²) in [6.45, 7) is 7.05. The van der Waals surface area contributed by atoms with Crippen LogP contribution in [-0.2, 0) is 11.2 Å². The molecule has 1 aromatic heterocycles. The highest BCUT2D eigenvalue weighted by Crippen LogP contribution is 2.33. The molecule has 2 heterocycles. The third-order valence-corrected chi connectivity index (χ3v) is 4.08. The van der Waals surface area contributed by atoms with Crippen LogP contribution in [0.25, 0.3) is 11.3 Å². The van der Waals surface area contributed by atoms with Crippen molar-refractivity contribution in [1.82, 2.24) is 10.1 Å². The van der Waals surface area contributed by atoms with E-state index in [9.17, 15) is 9.59 Å². The Labute approximate surface area is 150 Å². The lowest BCUT2D eigenvalue weighted by Gasteiger charge is -2.32. The first-order valence-electron chi connectivity index (χ1n) is 7.98. The van der Waals surface area contributed by atoms with Crippen LogP contribution < -0.4 is 0 Å². The second-order valence-electron chi connectivity index (χ2n) is 7.04. The van der Waals surface area contributed by atoms with Gasteiger partial charge in [0, 0.05) is 23.0 Å². The lowest BCUT2D eigenvalue weighted by atomic mass is 9.97. The van der Waals surface area contributed by atoms with Crippen molar-refractivity contribution in [3.05, 3.63) is 40.6 Å². The van der Waals surface area contributed by atoms with Crippen molar-refractivity contribution in [2.24, 2.45) is 0 Å². The minimum absolute atomic E-state index is 0.297. The number of benzene rings is 1. The Morgan fingerprint density at radius 3 is 2.56 bits per heavy atom. The lowest BCUT2D eigenvalue weighted by Crippen LogP contribution is -2.49. The van der Waals surface area contributed by atoms with Gasteiger partial charge in [0.1, 0.15) is 16.9 Å². The molecule has 0 saturated carbocycles. The van der Waals surface area contributed by atoms with Gasteiger partial charge in [0.05, 0.1) is 0 Å². The molecule has 0 N–H and O–H groups in total. The van der Waals surface area contributed by atoms with E-state index in [1.54, 1.807) is 52.0 Å². The largest absolute Gasteiger partial charge is 0.443 e. The molecule has 1 aromatic carbocycles. The number of rotatable bonds is 1. The summed E-state index contributed by atoms with van der Waals surface area (Å²) in [5, 5.41) is 4.61. The van der Waals surface area contributed by atoms with Gasteiger partial charge >= 0.3 is 6.09 Å². The molecule has 25 heavy (non-hydrogen) atoms. The molecule has 3 rings (SSSR count). The van der Waals surface area contributed by atoms with E-state index in [1.165, 1.54) is 0 Å². The first-order chi connectivity index (χ1) is 11.7. The highest BCUT2D eigenvalue weighted by molar-refractivity contribution is 6.30. The van der Waals surface area contributed by atoms with E-state index in [4.69, 9.17) is 20.9 Å². The van der Waals surface area contributed by atoms with Crippen molar-refractivity contribution >= 4 is 23.6 Å². The zero-order chi connectivity index (χ0) is 18.4. The van der Waals surface area contributed by atoms with Gasteiger partial charge in [-0.05, 0) is 39.8 Å². The zero-order valence-corrected chi connectivity index (χ0v) is 15.3. The van der Waals surface area contributed by atoms with Gasteiger partial charge < -0.3 is 9.26 Å². The van der Waals surface area contributed by atoms with Crippen LogP contribution in [0.3, 0.4) is 0 Å². The summed E-state index contributed by atoms with van der Waals surface area (Å²) in [4.78, 5) is 26.6. The third-order valence-electron chi connectivity index (χ3n) is 3.82. The Hall–Kier alpha value is -2.34. The summed E-state index contributed by atoms with van der Waals surface area (Å²) in [6, 6.07) is 6.55. The molecule has 1 unspecified atom stereocenters. The molecule has 0 fully saturated rings. The van der Waals surface area contributed by atoms with Crippen LogP contribution >= 0.6 is 11.6 Å². The maximum absolute atomic E-state index is 13.0. The quantitative estimate of drug-likeness (QED) is 0.755. The minimum atomic E-state index is -0.689. The number of carbonyl (C=O) groups excluding carboxylic acids is 2. The molecule has 2 amide bonds. The van der Waals surface area contributed by atoms with Gasteiger partial charge in [0.15, 0.2) is 5.76 Å². The highest BCUT2D eigenvalue weighted by atomic mass is 35.5. The van der Waals surface area contributed by atoms with Gasteiger partial charge in [-0.15, -0.1) is 0 Å². The predicted octanol–water partition coefficient (Wildman–Crippen LogP) is 4.32. The second-order valence-corrected chi connectivity index (χ2v) is 7.48. The summed E-state index contributed by atoms with van der Waals surface area (Å²) in [7, 11) is 0. The highest BCUT2D eigenvalue weighted by Gasteiger charge is 2.41. The number of fused-ring (bicyclic) bond motifs is 1. The summed E-state index contributed by atoms with van der Waals surface area (Å²) in [6.07, 6.45) is -0.278. The van der Waals surface area contributed by atoms with Gasteiger partial charge in [-0.3, -0.25) is 4.79 Å². The van der Waals surface area contributed by atoms with Crippen LogP contribution in [0.4, 0.5) is 4.79 Å². The second kappa shape index (κ2) is 6.19. The first-order valence-corrected chi connectivity index (χ1v) is 8.36. The monoisotopic (exact) mass is 362 g/mol. The molecular weight excluding hydrogens is 344 g/mol. The zero-order valence-electron chi connectivity index (χ0n) is 14.5. The molecule has 0 bridgehead atoms. The number of aromatic nitrogens is 1. The van der Waals surface area contributed by atoms with E-state index in [2.05, 4.69) is 5.16 Å². The maximum Gasteiger partial charge on any atom is 0.417 e. The Bertz CT molecular complexity index is 821. The number of halogens is 1. The SMILES string of the molecule is CC1Cc2onc(-c3ccc(Cl)cc3)c2C(=O)N1C(=O)OC(C)(C)C. The van der Waals surface area contributed by atoms with Crippen LogP contribution in [0, 0.1) is 0 Å². The van der Waals surface area contributed by atoms with Crippen molar-refractivity contribution < 1.29 is 18.8 Å². The molecule has 6 nitrogen and oxygen atoms in total. The Morgan fingerprint density at radius 2 is 1.96 bits per heavy atom. The van der Waals surface area contributed by atoms with E-state index in [1.807, 2.05) is 0 Å². The summed E-state index contributed by atoms with van der Waals surface area (Å²) in [5.41, 5.74) is 0.704. The van der Waals surface area contributed by atoms with Crippen molar-refractivity contribution in [3.8, 4) is 11.3 Å². The van der Waals surface area contributed by atoms with Crippen molar-refractivity contribution in [2.75, 3.05) is 0 Å². The molecule has 1 aliphatic heterocycles. The number of amides is 2. The van der Waals surface area contributed by atoms with Gasteiger partial charge in [-0.2, -0.15) is 0 Å². The number of imide groups is 1. The molecular formula is C18H19ClN2O4. The van der Waals surface area contributed by atoms with E-state index in [0.717, 1.165) is 4.90 Å². The van der Waals surface area contributed by atoms with E-state index in [0.29, 0.717) is 34.0 Å². The number of hydrogen-bond donors (Lipinski definition) is 0. The molecule has 0 saturated heterocycles. The Kier molecular flexibility index (Phi) is 4.33. The normalized spacial score (nSPS) is 17.4. The molecule has 7 heteroatoms. The van der Waals surface area contributed by atoms with Crippen LogP contribution in [0.15, 0.2) is 28.8 Å². The average molecular weight is 363 g/mol. The van der Waals surface area contributed by atoms with Crippen molar-refractivity contribution in [3.63, 3.8) is 0 Å². The van der Waals surface area contributed by atoms with Crippen LogP contribution in [0.1, 0.15) is 43.8 Å². The molecule has 2 aromatic rings. The molecule has 0 aliphatic carbocycles. The van der Waals surface area contributed by atoms with Gasteiger partial charge in [-0.1, -0.05) is 28.9 Å². The summed E-state index contributed by atoms with van der Waals surface area (Å²) in [5.74, 6) is 0.0106. The number of carbonyl (C=O) groups is 2. The maximum atomic E-state index is 13.0. The van der Waals surface area contributed by atoms with Crippen LogP contribution in [0.2, 0.25) is 5.02 Å². The number of nitrogens with zero attached hydrogens (tertiary/aromatic N) is 2. The standard InChI is InChI=1S/C18H19ClN2O4/c1-10-9-13-14(16(22)21(10)17(23)24-18(2,3)4)15(20-25-13)11-5-7-12(19)8-6-11/h5-8,10H,9H2,1-4H3. The van der Waals surface area contributed by atoms with Gasteiger partial charge in [0.25, 0.3) is 5.91 Å². The Balaban J connectivity index is 1.99. The minimum Gasteiger partial charge on any atom is -0.443 e. The fourth-order valence-corrected chi connectivity index (χ4v) is 2.87.